The Balaban J connectivity index is 2.63. The predicted octanol–water partition coefficient (Wildman–Crippen LogP) is 2.77. The maximum atomic E-state index is 13.4. The lowest BCUT2D eigenvalue weighted by molar-refractivity contribution is -0.136. The Bertz CT molecular complexity index is 665. The van der Waals surface area contributed by atoms with Gasteiger partial charge in [0.1, 0.15) is 5.82 Å². The summed E-state index contributed by atoms with van der Waals surface area (Å²) >= 11 is 0. The van der Waals surface area contributed by atoms with Crippen LogP contribution in [0.1, 0.15) is 31.0 Å². The first kappa shape index (κ1) is 15.0. The van der Waals surface area contributed by atoms with Crippen molar-refractivity contribution in [3.63, 3.8) is 0 Å². The third-order valence-corrected chi connectivity index (χ3v) is 3.09. The van der Waals surface area contributed by atoms with E-state index in [1.807, 2.05) is 13.8 Å². The third kappa shape index (κ3) is 3.04. The second kappa shape index (κ2) is 5.95. The van der Waals surface area contributed by atoms with E-state index in [2.05, 4.69) is 5.10 Å². The number of hydrogen-bond acceptors (Lipinski definition) is 3. The van der Waals surface area contributed by atoms with Crippen LogP contribution in [0.5, 0.6) is 5.88 Å². The molecule has 2 rings (SSSR count). The summed E-state index contributed by atoms with van der Waals surface area (Å²) in [7, 11) is 1.45. The van der Waals surface area contributed by atoms with Crippen LogP contribution in [0.4, 0.5) is 4.39 Å². The summed E-state index contributed by atoms with van der Waals surface area (Å²) in [6.07, 6.45) is -0.188. The van der Waals surface area contributed by atoms with Gasteiger partial charge in [-0.2, -0.15) is 5.10 Å². The van der Waals surface area contributed by atoms with Crippen molar-refractivity contribution in [3.8, 4) is 11.6 Å². The predicted molar refractivity (Wildman–Crippen MR) is 75.5 cm³/mol. The van der Waals surface area contributed by atoms with E-state index in [1.54, 1.807) is 12.1 Å². The van der Waals surface area contributed by atoms with E-state index in [1.165, 1.54) is 23.9 Å². The number of carboxylic acids is 1. The number of aliphatic carboxylic acids is 1. The van der Waals surface area contributed by atoms with Crippen LogP contribution in [-0.4, -0.2) is 28.0 Å². The second-order valence-electron chi connectivity index (χ2n) is 4.99. The van der Waals surface area contributed by atoms with Gasteiger partial charge in [-0.3, -0.25) is 4.79 Å². The highest BCUT2D eigenvalue weighted by atomic mass is 19.1. The van der Waals surface area contributed by atoms with Gasteiger partial charge < -0.3 is 9.84 Å². The normalized spacial score (nSPS) is 10.9. The number of benzene rings is 1. The summed E-state index contributed by atoms with van der Waals surface area (Å²) in [6, 6.07) is 5.91. The minimum Gasteiger partial charge on any atom is -0.481 e. The van der Waals surface area contributed by atoms with Gasteiger partial charge in [0.25, 0.3) is 0 Å². The van der Waals surface area contributed by atoms with E-state index in [0.29, 0.717) is 22.8 Å². The topological polar surface area (TPSA) is 64.3 Å². The molecule has 0 bridgehead atoms. The van der Waals surface area contributed by atoms with Crippen molar-refractivity contribution in [1.82, 2.24) is 9.78 Å². The van der Waals surface area contributed by atoms with E-state index in [4.69, 9.17) is 9.84 Å². The molecule has 6 heteroatoms. The number of ether oxygens (including phenoxy) is 1. The summed E-state index contributed by atoms with van der Waals surface area (Å²) < 4.78 is 20.1. The molecule has 0 fully saturated rings. The van der Waals surface area contributed by atoms with Crippen LogP contribution in [0.25, 0.3) is 5.69 Å². The molecule has 1 heterocycles. The highest BCUT2D eigenvalue weighted by Crippen LogP contribution is 2.30. The van der Waals surface area contributed by atoms with Crippen LogP contribution in [0, 0.1) is 5.82 Å². The van der Waals surface area contributed by atoms with E-state index in [0.717, 1.165) is 0 Å². The van der Waals surface area contributed by atoms with Gasteiger partial charge in [-0.25, -0.2) is 9.07 Å². The highest BCUT2D eigenvalue weighted by molar-refractivity contribution is 5.72. The Morgan fingerprint density at radius 2 is 2.19 bits per heavy atom. The van der Waals surface area contributed by atoms with Crippen molar-refractivity contribution >= 4 is 5.97 Å². The first-order valence-electron chi connectivity index (χ1n) is 6.57. The van der Waals surface area contributed by atoms with Crippen molar-refractivity contribution in [3.05, 3.63) is 41.3 Å². The standard InChI is InChI=1S/C15H17FN2O3/c1-9(2)14-12(8-13(19)20)15(21-3)18(17-14)11-6-4-5-10(16)7-11/h4-7,9H,8H2,1-3H3,(H,19,20). The quantitative estimate of drug-likeness (QED) is 0.920. The maximum absolute atomic E-state index is 13.4. The molecule has 21 heavy (non-hydrogen) atoms. The van der Waals surface area contributed by atoms with Crippen molar-refractivity contribution in [2.24, 2.45) is 0 Å². The number of methoxy groups -OCH3 is 1. The number of aromatic nitrogens is 2. The molecular formula is C15H17FN2O3. The molecule has 112 valence electrons. The minimum atomic E-state index is -0.964. The third-order valence-electron chi connectivity index (χ3n) is 3.09. The van der Waals surface area contributed by atoms with Crippen molar-refractivity contribution < 1.29 is 19.0 Å². The monoisotopic (exact) mass is 292 g/mol. The molecule has 0 spiro atoms. The smallest absolute Gasteiger partial charge is 0.308 e. The lowest BCUT2D eigenvalue weighted by Gasteiger charge is -2.07. The molecule has 0 aliphatic carbocycles. The Labute approximate surface area is 122 Å². The molecular weight excluding hydrogens is 275 g/mol. The second-order valence-corrected chi connectivity index (χ2v) is 4.99. The maximum Gasteiger partial charge on any atom is 0.308 e. The molecule has 0 atom stereocenters. The largest absolute Gasteiger partial charge is 0.481 e. The van der Waals surface area contributed by atoms with Crippen LogP contribution in [-0.2, 0) is 11.2 Å². The highest BCUT2D eigenvalue weighted by Gasteiger charge is 2.23. The van der Waals surface area contributed by atoms with Gasteiger partial charge in [0.2, 0.25) is 5.88 Å². The summed E-state index contributed by atoms with van der Waals surface area (Å²) in [5.41, 5.74) is 1.65. The Kier molecular flexibility index (Phi) is 4.26. The molecule has 0 amide bonds. The van der Waals surface area contributed by atoms with Gasteiger partial charge in [0.05, 0.1) is 24.9 Å². The molecule has 0 saturated carbocycles. The molecule has 0 aliphatic rings. The van der Waals surface area contributed by atoms with Gasteiger partial charge >= 0.3 is 5.97 Å². The molecule has 0 unspecified atom stereocenters. The Morgan fingerprint density at radius 3 is 2.71 bits per heavy atom. The average molecular weight is 292 g/mol. The number of carbonyl (C=O) groups is 1. The zero-order valence-electron chi connectivity index (χ0n) is 12.1. The minimum absolute atomic E-state index is 0.0306. The van der Waals surface area contributed by atoms with Crippen molar-refractivity contribution in [2.45, 2.75) is 26.2 Å². The van der Waals surface area contributed by atoms with E-state index < -0.39 is 11.8 Å². The summed E-state index contributed by atoms with van der Waals surface area (Å²) in [6.45, 7) is 3.84. The lowest BCUT2D eigenvalue weighted by Crippen LogP contribution is -2.05. The van der Waals surface area contributed by atoms with Crippen LogP contribution in [0.3, 0.4) is 0 Å². The summed E-state index contributed by atoms with van der Waals surface area (Å²) in [5.74, 6) is -1.00. The van der Waals surface area contributed by atoms with Gasteiger partial charge in [0, 0.05) is 5.56 Å². The van der Waals surface area contributed by atoms with Crippen molar-refractivity contribution in [1.29, 1.82) is 0 Å². The number of nitrogens with zero attached hydrogens (tertiary/aromatic N) is 2. The summed E-state index contributed by atoms with van der Waals surface area (Å²) in [4.78, 5) is 11.1. The molecule has 5 nitrogen and oxygen atoms in total. The van der Waals surface area contributed by atoms with E-state index >= 15 is 0 Å². The fraction of sp³-hybridized carbons (Fsp3) is 0.333. The zero-order valence-corrected chi connectivity index (χ0v) is 12.1. The first-order chi connectivity index (χ1) is 9.93. The molecule has 0 radical (unpaired) electrons. The summed E-state index contributed by atoms with van der Waals surface area (Å²) in [5, 5.41) is 13.5. The van der Waals surface area contributed by atoms with Gasteiger partial charge in [-0.1, -0.05) is 19.9 Å². The van der Waals surface area contributed by atoms with Crippen LogP contribution in [0.15, 0.2) is 24.3 Å². The number of halogens is 1. The SMILES string of the molecule is COc1c(CC(=O)O)c(C(C)C)nn1-c1cccc(F)c1. The van der Waals surface area contributed by atoms with Crippen LogP contribution < -0.4 is 4.74 Å². The molecule has 0 aliphatic heterocycles. The Morgan fingerprint density at radius 1 is 1.48 bits per heavy atom. The van der Waals surface area contributed by atoms with Gasteiger partial charge in [0.15, 0.2) is 0 Å². The number of rotatable bonds is 5. The van der Waals surface area contributed by atoms with E-state index in [-0.39, 0.29) is 12.3 Å². The molecule has 1 aromatic carbocycles. The molecule has 1 N–H and O–H groups in total. The van der Waals surface area contributed by atoms with Crippen LogP contribution in [0.2, 0.25) is 0 Å². The first-order valence-corrected chi connectivity index (χ1v) is 6.57. The molecule has 0 saturated heterocycles. The zero-order chi connectivity index (χ0) is 15.6. The van der Waals surface area contributed by atoms with Gasteiger partial charge in [-0.15, -0.1) is 0 Å². The lowest BCUT2D eigenvalue weighted by atomic mass is 10.0. The average Bonchev–Trinajstić information content (AvgIpc) is 2.76. The Hall–Kier alpha value is -2.37. The molecule has 1 aromatic heterocycles. The van der Waals surface area contributed by atoms with E-state index in [9.17, 15) is 9.18 Å². The van der Waals surface area contributed by atoms with Crippen LogP contribution >= 0.6 is 0 Å². The van der Waals surface area contributed by atoms with Gasteiger partial charge in [-0.05, 0) is 24.1 Å². The van der Waals surface area contributed by atoms with Crippen molar-refractivity contribution in [2.75, 3.05) is 7.11 Å². The fourth-order valence-electron chi connectivity index (χ4n) is 2.22. The molecule has 2 aromatic rings. The number of carboxylic acid groups (broad SMARTS) is 1. The fourth-order valence-corrected chi connectivity index (χ4v) is 2.22. The number of hydrogen-bond donors (Lipinski definition) is 1.